The molecule has 0 aromatic heterocycles. The smallest absolute Gasteiger partial charge is 0.237 e. The Bertz CT molecular complexity index is 213. The number of rotatable bonds is 5. The summed E-state index contributed by atoms with van der Waals surface area (Å²) in [4.78, 5) is 11.5. The van der Waals surface area contributed by atoms with Gasteiger partial charge in [-0.2, -0.15) is 0 Å². The molecule has 0 unspecified atom stereocenters. The van der Waals surface area contributed by atoms with Crippen LogP contribution in [0.5, 0.6) is 0 Å². The van der Waals surface area contributed by atoms with Crippen molar-refractivity contribution in [1.29, 1.82) is 0 Å². The van der Waals surface area contributed by atoms with E-state index in [1.165, 1.54) is 0 Å². The molecule has 15 heavy (non-hydrogen) atoms. The van der Waals surface area contributed by atoms with Gasteiger partial charge in [0.15, 0.2) is 0 Å². The second-order valence-electron chi connectivity index (χ2n) is 4.54. The van der Waals surface area contributed by atoms with Gasteiger partial charge in [0.1, 0.15) is 0 Å². The second kappa shape index (κ2) is 5.47. The van der Waals surface area contributed by atoms with Crippen LogP contribution in [0.2, 0.25) is 0 Å². The monoisotopic (exact) mass is 214 g/mol. The van der Waals surface area contributed by atoms with Crippen molar-refractivity contribution in [3.8, 4) is 0 Å². The Labute approximate surface area is 91.2 Å². The Morgan fingerprint density at radius 1 is 1.53 bits per heavy atom. The van der Waals surface area contributed by atoms with Crippen molar-refractivity contribution in [2.75, 3.05) is 6.54 Å². The molecule has 0 aliphatic heterocycles. The highest BCUT2D eigenvalue weighted by molar-refractivity contribution is 5.81. The lowest BCUT2D eigenvalue weighted by Gasteiger charge is -2.23. The Balaban J connectivity index is 2.26. The fourth-order valence-electron chi connectivity index (χ4n) is 2.03. The molecule has 0 aromatic rings. The van der Waals surface area contributed by atoms with E-state index < -0.39 is 11.6 Å². The van der Waals surface area contributed by atoms with E-state index in [1.54, 1.807) is 0 Å². The molecule has 1 saturated carbocycles. The molecule has 0 heterocycles. The van der Waals surface area contributed by atoms with E-state index in [9.17, 15) is 9.90 Å². The van der Waals surface area contributed by atoms with Crippen LogP contribution in [0, 0.1) is 0 Å². The normalized spacial score (nSPS) is 21.3. The van der Waals surface area contributed by atoms with Crippen molar-refractivity contribution in [3.63, 3.8) is 0 Å². The zero-order valence-electron chi connectivity index (χ0n) is 9.46. The number of nitrogens with two attached hydrogens (primary N) is 1. The summed E-state index contributed by atoms with van der Waals surface area (Å²) in [7, 11) is 0. The van der Waals surface area contributed by atoms with Gasteiger partial charge in [-0.15, -0.1) is 0 Å². The number of carbonyl (C=O) groups excluding carboxylic acids is 1. The highest BCUT2D eigenvalue weighted by Crippen LogP contribution is 2.28. The third-order valence-corrected chi connectivity index (χ3v) is 3.06. The van der Waals surface area contributed by atoms with Crippen molar-refractivity contribution in [2.45, 2.75) is 57.1 Å². The molecule has 1 fully saturated rings. The molecule has 1 aliphatic carbocycles. The summed E-state index contributed by atoms with van der Waals surface area (Å²) in [6.45, 7) is 2.35. The Kier molecular flexibility index (Phi) is 4.54. The minimum Gasteiger partial charge on any atom is -0.388 e. The standard InChI is InChI=1S/C11H22N2O2/c1-2-5-9(12)10(14)13-8-11(15)6-3-4-7-11/h9,15H,2-8,12H2,1H3,(H,13,14)/t9-/m1/s1. The fourth-order valence-corrected chi connectivity index (χ4v) is 2.03. The molecule has 1 atom stereocenters. The lowest BCUT2D eigenvalue weighted by atomic mass is 10.0. The summed E-state index contributed by atoms with van der Waals surface area (Å²) in [5, 5.41) is 12.7. The zero-order valence-corrected chi connectivity index (χ0v) is 9.46. The summed E-state index contributed by atoms with van der Waals surface area (Å²) < 4.78 is 0. The first-order valence-corrected chi connectivity index (χ1v) is 5.83. The topological polar surface area (TPSA) is 75.4 Å². The molecule has 0 bridgehead atoms. The second-order valence-corrected chi connectivity index (χ2v) is 4.54. The molecule has 4 N–H and O–H groups in total. The predicted molar refractivity (Wildman–Crippen MR) is 59.3 cm³/mol. The summed E-state index contributed by atoms with van der Waals surface area (Å²) in [6, 6.07) is -0.431. The summed E-state index contributed by atoms with van der Waals surface area (Å²) in [5.41, 5.74) is 4.98. The van der Waals surface area contributed by atoms with Gasteiger partial charge < -0.3 is 16.2 Å². The van der Waals surface area contributed by atoms with E-state index in [4.69, 9.17) is 5.73 Å². The predicted octanol–water partition coefficient (Wildman–Crippen LogP) is 0.535. The molecule has 0 radical (unpaired) electrons. The van der Waals surface area contributed by atoms with Gasteiger partial charge in [0.25, 0.3) is 0 Å². The zero-order chi connectivity index (χ0) is 11.3. The maximum Gasteiger partial charge on any atom is 0.237 e. The van der Waals surface area contributed by atoms with Gasteiger partial charge >= 0.3 is 0 Å². The molecule has 4 nitrogen and oxygen atoms in total. The van der Waals surface area contributed by atoms with Crippen LogP contribution in [0.4, 0.5) is 0 Å². The molecule has 4 heteroatoms. The number of hydrogen-bond acceptors (Lipinski definition) is 3. The maximum absolute atomic E-state index is 11.5. The van der Waals surface area contributed by atoms with Crippen LogP contribution in [-0.4, -0.2) is 29.2 Å². The molecule has 0 saturated heterocycles. The fraction of sp³-hybridized carbons (Fsp3) is 0.909. The van der Waals surface area contributed by atoms with Crippen LogP contribution >= 0.6 is 0 Å². The number of nitrogens with one attached hydrogen (secondary N) is 1. The van der Waals surface area contributed by atoms with Crippen LogP contribution < -0.4 is 11.1 Å². The molecule has 1 rings (SSSR count). The van der Waals surface area contributed by atoms with Crippen molar-refractivity contribution in [1.82, 2.24) is 5.32 Å². The highest BCUT2D eigenvalue weighted by atomic mass is 16.3. The van der Waals surface area contributed by atoms with Crippen molar-refractivity contribution < 1.29 is 9.90 Å². The third kappa shape index (κ3) is 3.80. The average Bonchev–Trinajstić information content (AvgIpc) is 2.63. The lowest BCUT2D eigenvalue weighted by Crippen LogP contribution is -2.47. The molecule has 88 valence electrons. The van der Waals surface area contributed by atoms with E-state index in [-0.39, 0.29) is 5.91 Å². The van der Waals surface area contributed by atoms with E-state index in [0.29, 0.717) is 13.0 Å². The van der Waals surface area contributed by atoms with Gasteiger partial charge in [-0.1, -0.05) is 26.2 Å². The lowest BCUT2D eigenvalue weighted by molar-refractivity contribution is -0.123. The van der Waals surface area contributed by atoms with Crippen molar-refractivity contribution in [3.05, 3.63) is 0 Å². The average molecular weight is 214 g/mol. The quantitative estimate of drug-likeness (QED) is 0.625. The molecular weight excluding hydrogens is 192 g/mol. The van der Waals surface area contributed by atoms with Gasteiger partial charge in [0, 0.05) is 6.54 Å². The van der Waals surface area contributed by atoms with Gasteiger partial charge in [-0.05, 0) is 19.3 Å². The van der Waals surface area contributed by atoms with Crippen LogP contribution in [0.3, 0.4) is 0 Å². The van der Waals surface area contributed by atoms with Crippen LogP contribution in [0.25, 0.3) is 0 Å². The van der Waals surface area contributed by atoms with E-state index >= 15 is 0 Å². The highest BCUT2D eigenvalue weighted by Gasteiger charge is 2.31. The van der Waals surface area contributed by atoms with Crippen molar-refractivity contribution >= 4 is 5.91 Å². The van der Waals surface area contributed by atoms with Gasteiger partial charge in [0.2, 0.25) is 5.91 Å². The molecule has 1 aliphatic rings. The molecule has 0 spiro atoms. The largest absolute Gasteiger partial charge is 0.388 e. The number of aliphatic hydroxyl groups is 1. The molecular formula is C11H22N2O2. The van der Waals surface area contributed by atoms with Crippen LogP contribution in [0.15, 0.2) is 0 Å². The summed E-state index contributed by atoms with van der Waals surface area (Å²) >= 11 is 0. The Morgan fingerprint density at radius 3 is 2.67 bits per heavy atom. The summed E-state index contributed by atoms with van der Waals surface area (Å²) in [5.74, 6) is -0.142. The number of amides is 1. The Hall–Kier alpha value is -0.610. The first kappa shape index (κ1) is 12.5. The number of hydrogen-bond donors (Lipinski definition) is 3. The number of carbonyl (C=O) groups is 1. The Morgan fingerprint density at radius 2 is 2.13 bits per heavy atom. The molecule has 0 aromatic carbocycles. The van der Waals surface area contributed by atoms with Crippen LogP contribution in [-0.2, 0) is 4.79 Å². The van der Waals surface area contributed by atoms with E-state index in [1.807, 2.05) is 6.92 Å². The van der Waals surface area contributed by atoms with Crippen molar-refractivity contribution in [2.24, 2.45) is 5.73 Å². The van der Waals surface area contributed by atoms with Crippen LogP contribution in [0.1, 0.15) is 45.4 Å². The van der Waals surface area contributed by atoms with Gasteiger partial charge in [-0.25, -0.2) is 0 Å². The SMILES string of the molecule is CCC[C@@H](N)C(=O)NCC1(O)CCCC1. The first-order chi connectivity index (χ1) is 7.07. The van der Waals surface area contributed by atoms with E-state index in [0.717, 1.165) is 32.1 Å². The van der Waals surface area contributed by atoms with Gasteiger partial charge in [-0.3, -0.25) is 4.79 Å². The maximum atomic E-state index is 11.5. The summed E-state index contributed by atoms with van der Waals surface area (Å²) in [6.07, 6.45) is 5.27. The first-order valence-electron chi connectivity index (χ1n) is 5.83. The molecule has 1 amide bonds. The third-order valence-electron chi connectivity index (χ3n) is 3.06. The minimum absolute atomic E-state index is 0.142. The van der Waals surface area contributed by atoms with E-state index in [2.05, 4.69) is 5.32 Å². The van der Waals surface area contributed by atoms with Gasteiger partial charge in [0.05, 0.1) is 11.6 Å². The minimum atomic E-state index is -0.679.